The first kappa shape index (κ1) is 25.4. The van der Waals surface area contributed by atoms with E-state index in [1.165, 1.54) is 11.0 Å². The van der Waals surface area contributed by atoms with Crippen LogP contribution in [0.2, 0.25) is 0 Å². The molecule has 0 aliphatic carbocycles. The van der Waals surface area contributed by atoms with Gasteiger partial charge in [-0.05, 0) is 30.2 Å². The van der Waals surface area contributed by atoms with E-state index in [1.807, 2.05) is 50.2 Å². The number of methoxy groups -OCH3 is 1. The van der Waals surface area contributed by atoms with Crippen molar-refractivity contribution in [2.24, 2.45) is 0 Å². The largest absolute Gasteiger partial charge is 0.496 e. The number of carbonyl (C=O) groups excluding carboxylic acids is 1. The van der Waals surface area contributed by atoms with Crippen LogP contribution in [0.25, 0.3) is 10.9 Å². The first-order chi connectivity index (χ1) is 18.5. The van der Waals surface area contributed by atoms with Crippen LogP contribution in [0.5, 0.6) is 11.5 Å². The highest BCUT2D eigenvalue weighted by Gasteiger charge is 2.18. The lowest BCUT2D eigenvalue weighted by Gasteiger charge is -2.23. The van der Waals surface area contributed by atoms with Crippen molar-refractivity contribution in [2.45, 2.75) is 45.3 Å². The molecule has 1 fully saturated rings. The van der Waals surface area contributed by atoms with Gasteiger partial charge in [-0.2, -0.15) is 0 Å². The highest BCUT2D eigenvalue weighted by atomic mass is 16.5. The predicted octanol–water partition coefficient (Wildman–Crippen LogP) is 4.29. The standard InChI is InChI=1S/C27H31N7O4/c1-17(2)23-14-34(33-32-23)15-25(35)30-18-4-6-19(7-5-18)31-27-26-22(28-16-29-27)12-21(13-24(26)36-3)38-20-8-10-37-11-9-20/h4-7,12-14,16-17,20H,8-11,15H2,1-3H3,(H,30,35)(H,28,29,31). The summed E-state index contributed by atoms with van der Waals surface area (Å²) in [7, 11) is 1.62. The summed E-state index contributed by atoms with van der Waals surface area (Å²) in [6, 6.07) is 11.1. The van der Waals surface area contributed by atoms with Gasteiger partial charge in [-0.15, -0.1) is 5.10 Å². The van der Waals surface area contributed by atoms with E-state index >= 15 is 0 Å². The molecule has 198 valence electrons. The fourth-order valence-corrected chi connectivity index (χ4v) is 4.22. The van der Waals surface area contributed by atoms with Crippen LogP contribution in [0.15, 0.2) is 48.9 Å². The number of benzene rings is 2. The minimum atomic E-state index is -0.184. The van der Waals surface area contributed by atoms with Crippen LogP contribution in [0, 0.1) is 0 Å². The molecule has 11 heteroatoms. The van der Waals surface area contributed by atoms with Crippen molar-refractivity contribution in [1.29, 1.82) is 0 Å². The zero-order chi connectivity index (χ0) is 26.5. The molecule has 5 rings (SSSR count). The molecule has 0 spiro atoms. The number of carbonyl (C=O) groups is 1. The van der Waals surface area contributed by atoms with E-state index in [1.54, 1.807) is 13.3 Å². The normalized spacial score (nSPS) is 14.0. The molecular formula is C27H31N7O4. The Labute approximate surface area is 220 Å². The van der Waals surface area contributed by atoms with Crippen molar-refractivity contribution in [1.82, 2.24) is 25.0 Å². The Morgan fingerprint density at radius 2 is 1.89 bits per heavy atom. The van der Waals surface area contributed by atoms with Crippen LogP contribution in [0.4, 0.5) is 17.2 Å². The Morgan fingerprint density at radius 3 is 2.61 bits per heavy atom. The van der Waals surface area contributed by atoms with Gasteiger partial charge in [-0.25, -0.2) is 14.6 Å². The smallest absolute Gasteiger partial charge is 0.246 e. The molecule has 0 bridgehead atoms. The number of aromatic nitrogens is 5. The number of hydrogen-bond donors (Lipinski definition) is 2. The molecule has 4 aromatic rings. The molecule has 38 heavy (non-hydrogen) atoms. The highest BCUT2D eigenvalue weighted by Crippen LogP contribution is 2.36. The summed E-state index contributed by atoms with van der Waals surface area (Å²) in [5.41, 5.74) is 3.03. The highest BCUT2D eigenvalue weighted by molar-refractivity contribution is 5.97. The second kappa shape index (κ2) is 11.4. The molecule has 11 nitrogen and oxygen atoms in total. The van der Waals surface area contributed by atoms with Gasteiger partial charge in [0.1, 0.15) is 36.3 Å². The summed E-state index contributed by atoms with van der Waals surface area (Å²) >= 11 is 0. The van der Waals surface area contributed by atoms with Gasteiger partial charge < -0.3 is 24.8 Å². The number of amides is 1. The lowest BCUT2D eigenvalue weighted by Crippen LogP contribution is -2.25. The van der Waals surface area contributed by atoms with E-state index in [0.29, 0.717) is 41.7 Å². The maximum absolute atomic E-state index is 12.4. The Kier molecular flexibility index (Phi) is 7.64. The minimum absolute atomic E-state index is 0.0899. The molecule has 2 aromatic carbocycles. The van der Waals surface area contributed by atoms with Crippen molar-refractivity contribution >= 4 is 34.0 Å². The number of nitrogens with one attached hydrogen (secondary N) is 2. The summed E-state index contributed by atoms with van der Waals surface area (Å²) in [6.07, 6.45) is 5.11. The van der Waals surface area contributed by atoms with E-state index in [4.69, 9.17) is 14.2 Å². The van der Waals surface area contributed by atoms with Crippen LogP contribution >= 0.6 is 0 Å². The fourth-order valence-electron chi connectivity index (χ4n) is 4.22. The molecule has 2 aromatic heterocycles. The van der Waals surface area contributed by atoms with E-state index < -0.39 is 0 Å². The minimum Gasteiger partial charge on any atom is -0.496 e. The third-order valence-corrected chi connectivity index (χ3v) is 6.25. The molecule has 2 N–H and O–H groups in total. The maximum Gasteiger partial charge on any atom is 0.246 e. The number of fused-ring (bicyclic) bond motifs is 1. The predicted molar refractivity (Wildman–Crippen MR) is 143 cm³/mol. The lowest BCUT2D eigenvalue weighted by molar-refractivity contribution is -0.116. The molecule has 1 aliphatic heterocycles. The molecule has 1 aliphatic rings. The average molecular weight is 518 g/mol. The van der Waals surface area contributed by atoms with Crippen molar-refractivity contribution < 1.29 is 19.0 Å². The zero-order valence-electron chi connectivity index (χ0n) is 21.7. The molecule has 0 unspecified atom stereocenters. The Balaban J connectivity index is 1.27. The van der Waals surface area contributed by atoms with E-state index in [-0.39, 0.29) is 24.5 Å². The topological polar surface area (TPSA) is 125 Å². The molecule has 0 radical (unpaired) electrons. The second-order valence-corrected chi connectivity index (χ2v) is 9.42. The monoisotopic (exact) mass is 517 g/mol. The van der Waals surface area contributed by atoms with E-state index in [0.717, 1.165) is 29.6 Å². The van der Waals surface area contributed by atoms with E-state index in [9.17, 15) is 4.79 Å². The maximum atomic E-state index is 12.4. The van der Waals surface area contributed by atoms with Crippen LogP contribution in [0.1, 0.15) is 38.3 Å². The Bertz CT molecular complexity index is 1400. The van der Waals surface area contributed by atoms with Gasteiger partial charge in [0.2, 0.25) is 5.91 Å². The van der Waals surface area contributed by atoms with Crippen molar-refractivity contribution in [3.8, 4) is 11.5 Å². The van der Waals surface area contributed by atoms with Crippen LogP contribution in [-0.4, -0.2) is 57.3 Å². The molecular weight excluding hydrogens is 486 g/mol. The summed E-state index contributed by atoms with van der Waals surface area (Å²) in [5.74, 6) is 2.00. The molecule has 1 amide bonds. The van der Waals surface area contributed by atoms with Crippen LogP contribution in [-0.2, 0) is 16.1 Å². The summed E-state index contributed by atoms with van der Waals surface area (Å²) in [5, 5.41) is 15.1. The summed E-state index contributed by atoms with van der Waals surface area (Å²) in [4.78, 5) is 21.3. The molecule has 0 saturated carbocycles. The SMILES string of the molecule is COc1cc(OC2CCOCC2)cc2ncnc(Nc3ccc(NC(=O)Cn4cc(C(C)C)nn4)cc3)c12. The summed E-state index contributed by atoms with van der Waals surface area (Å²) in [6.45, 7) is 5.56. The van der Waals surface area contributed by atoms with Crippen molar-refractivity contribution in [3.05, 3.63) is 54.6 Å². The van der Waals surface area contributed by atoms with Gasteiger partial charge in [-0.1, -0.05) is 19.1 Å². The quantitative estimate of drug-likeness (QED) is 0.334. The van der Waals surface area contributed by atoms with Gasteiger partial charge in [0.05, 0.1) is 36.9 Å². The molecule has 1 saturated heterocycles. The zero-order valence-corrected chi connectivity index (χ0v) is 21.7. The van der Waals surface area contributed by atoms with Gasteiger partial charge in [0, 0.05) is 42.5 Å². The number of hydrogen-bond acceptors (Lipinski definition) is 9. The van der Waals surface area contributed by atoms with Crippen LogP contribution in [0.3, 0.4) is 0 Å². The fraction of sp³-hybridized carbons (Fsp3) is 0.370. The van der Waals surface area contributed by atoms with Gasteiger partial charge in [0.25, 0.3) is 0 Å². The van der Waals surface area contributed by atoms with Crippen molar-refractivity contribution in [3.63, 3.8) is 0 Å². The Morgan fingerprint density at radius 1 is 1.13 bits per heavy atom. The van der Waals surface area contributed by atoms with E-state index in [2.05, 4.69) is 30.9 Å². The third kappa shape index (κ3) is 6.00. The third-order valence-electron chi connectivity index (χ3n) is 6.25. The molecule has 0 atom stereocenters. The number of ether oxygens (including phenoxy) is 3. The molecule has 3 heterocycles. The first-order valence-corrected chi connectivity index (χ1v) is 12.6. The second-order valence-electron chi connectivity index (χ2n) is 9.42. The number of anilines is 3. The van der Waals surface area contributed by atoms with Gasteiger partial charge in [-0.3, -0.25) is 4.79 Å². The first-order valence-electron chi connectivity index (χ1n) is 12.6. The van der Waals surface area contributed by atoms with Crippen molar-refractivity contribution in [2.75, 3.05) is 31.0 Å². The number of rotatable bonds is 9. The van der Waals surface area contributed by atoms with Gasteiger partial charge in [0.15, 0.2) is 0 Å². The average Bonchev–Trinajstić information content (AvgIpc) is 3.39. The van der Waals surface area contributed by atoms with Gasteiger partial charge >= 0.3 is 0 Å². The van der Waals surface area contributed by atoms with Crippen LogP contribution < -0.4 is 20.1 Å². The number of nitrogens with zero attached hydrogens (tertiary/aromatic N) is 5. The summed E-state index contributed by atoms with van der Waals surface area (Å²) < 4.78 is 18.8. The Hall–Kier alpha value is -4.25. The lowest BCUT2D eigenvalue weighted by atomic mass is 10.1.